The lowest BCUT2D eigenvalue weighted by Crippen LogP contribution is -2.06. The highest BCUT2D eigenvalue weighted by atomic mass is 16.5. The molecule has 0 unspecified atom stereocenters. The first-order chi connectivity index (χ1) is 12.1. The van der Waals surface area contributed by atoms with E-state index in [1.54, 1.807) is 24.4 Å². The summed E-state index contributed by atoms with van der Waals surface area (Å²) in [5, 5.41) is 13.6. The molecular weight excluding hydrogens is 316 g/mol. The Morgan fingerprint density at radius 1 is 1.16 bits per heavy atom. The van der Waals surface area contributed by atoms with Crippen molar-refractivity contribution in [3.63, 3.8) is 0 Å². The van der Waals surface area contributed by atoms with Crippen LogP contribution in [-0.2, 0) is 6.61 Å². The third kappa shape index (κ3) is 3.71. The smallest absolute Gasteiger partial charge is 0.335 e. The Kier molecular flexibility index (Phi) is 4.84. The van der Waals surface area contributed by atoms with E-state index in [4.69, 9.17) is 4.74 Å². The minimum Gasteiger partial charge on any atom is -0.488 e. The minimum atomic E-state index is -0.978. The minimum absolute atomic E-state index is 0.186. The zero-order valence-corrected chi connectivity index (χ0v) is 14.2. The number of benzene rings is 2. The van der Waals surface area contributed by atoms with Crippen LogP contribution in [0.2, 0.25) is 0 Å². The predicted molar refractivity (Wildman–Crippen MR) is 95.8 cm³/mol. The summed E-state index contributed by atoms with van der Waals surface area (Å²) in [4.78, 5) is 11.3. The van der Waals surface area contributed by atoms with Gasteiger partial charge in [0.05, 0.1) is 11.3 Å². The number of hydrogen-bond acceptors (Lipinski definition) is 3. The van der Waals surface area contributed by atoms with E-state index in [0.29, 0.717) is 12.4 Å². The van der Waals surface area contributed by atoms with Crippen molar-refractivity contribution in [2.45, 2.75) is 26.5 Å². The van der Waals surface area contributed by atoms with Crippen molar-refractivity contribution in [3.8, 4) is 17.0 Å². The lowest BCUT2D eigenvalue weighted by atomic mass is 10.1. The van der Waals surface area contributed by atoms with Gasteiger partial charge in [-0.15, -0.1) is 0 Å². The molecule has 0 saturated carbocycles. The van der Waals surface area contributed by atoms with Crippen LogP contribution >= 0.6 is 0 Å². The highest BCUT2D eigenvalue weighted by molar-refractivity contribution is 5.89. The molecule has 128 valence electrons. The third-order valence-electron chi connectivity index (χ3n) is 3.90. The van der Waals surface area contributed by atoms with Gasteiger partial charge in [-0.05, 0) is 43.7 Å². The van der Waals surface area contributed by atoms with E-state index in [1.807, 2.05) is 54.9 Å². The summed E-state index contributed by atoms with van der Waals surface area (Å²) in [6.07, 6.45) is 1.74. The molecule has 0 aliphatic carbocycles. The molecule has 1 heterocycles. The molecule has 2 aromatic carbocycles. The van der Waals surface area contributed by atoms with Crippen molar-refractivity contribution in [1.29, 1.82) is 0 Å². The molecule has 3 rings (SSSR count). The van der Waals surface area contributed by atoms with Crippen LogP contribution in [-0.4, -0.2) is 20.9 Å². The van der Waals surface area contributed by atoms with Crippen LogP contribution in [0.5, 0.6) is 5.75 Å². The molecule has 1 N–H and O–H groups in total. The molecule has 0 amide bonds. The second kappa shape index (κ2) is 7.21. The van der Waals surface area contributed by atoms with Gasteiger partial charge < -0.3 is 9.84 Å². The van der Waals surface area contributed by atoms with Crippen molar-refractivity contribution in [2.24, 2.45) is 0 Å². The Balaban J connectivity index is 1.99. The average molecular weight is 336 g/mol. The van der Waals surface area contributed by atoms with Gasteiger partial charge in [-0.25, -0.2) is 4.79 Å². The number of nitrogens with zero attached hydrogens (tertiary/aromatic N) is 2. The van der Waals surface area contributed by atoms with Crippen LogP contribution in [0, 0.1) is 0 Å². The summed E-state index contributed by atoms with van der Waals surface area (Å²) >= 11 is 0. The Bertz CT molecular complexity index is 870. The SMILES string of the molecule is CC(C)n1nccc1-c1ccc(C(=O)O)cc1OCc1ccccc1. The second-order valence-electron chi connectivity index (χ2n) is 6.05. The quantitative estimate of drug-likeness (QED) is 0.724. The number of rotatable bonds is 6. The molecule has 5 nitrogen and oxygen atoms in total. The van der Waals surface area contributed by atoms with Crippen LogP contribution < -0.4 is 4.74 Å². The first kappa shape index (κ1) is 16.8. The molecule has 0 aliphatic heterocycles. The van der Waals surface area contributed by atoms with Crippen molar-refractivity contribution >= 4 is 5.97 Å². The van der Waals surface area contributed by atoms with Crippen molar-refractivity contribution in [2.75, 3.05) is 0 Å². The van der Waals surface area contributed by atoms with E-state index in [0.717, 1.165) is 16.8 Å². The van der Waals surface area contributed by atoms with Crippen LogP contribution in [0.1, 0.15) is 35.8 Å². The van der Waals surface area contributed by atoms with E-state index in [9.17, 15) is 9.90 Å². The largest absolute Gasteiger partial charge is 0.488 e. The fourth-order valence-electron chi connectivity index (χ4n) is 2.66. The number of ether oxygens (including phenoxy) is 1. The normalized spacial score (nSPS) is 10.8. The molecular formula is C20H20N2O3. The van der Waals surface area contributed by atoms with Crippen LogP contribution in [0.3, 0.4) is 0 Å². The first-order valence-corrected chi connectivity index (χ1v) is 8.14. The summed E-state index contributed by atoms with van der Waals surface area (Å²) in [7, 11) is 0. The van der Waals surface area contributed by atoms with Gasteiger partial charge >= 0.3 is 5.97 Å². The summed E-state index contributed by atoms with van der Waals surface area (Å²) in [5.41, 5.74) is 2.94. The number of hydrogen-bond donors (Lipinski definition) is 1. The van der Waals surface area contributed by atoms with E-state index in [2.05, 4.69) is 5.10 Å². The highest BCUT2D eigenvalue weighted by Gasteiger charge is 2.16. The van der Waals surface area contributed by atoms with Crippen LogP contribution in [0.25, 0.3) is 11.3 Å². The zero-order chi connectivity index (χ0) is 17.8. The van der Waals surface area contributed by atoms with Crippen LogP contribution in [0.15, 0.2) is 60.8 Å². The zero-order valence-electron chi connectivity index (χ0n) is 14.2. The van der Waals surface area contributed by atoms with Crippen LogP contribution in [0.4, 0.5) is 0 Å². The number of carbonyl (C=O) groups is 1. The molecule has 0 saturated heterocycles. The number of carboxylic acids is 1. The number of aromatic nitrogens is 2. The van der Waals surface area contributed by atoms with Crippen molar-refractivity contribution in [3.05, 3.63) is 71.9 Å². The molecule has 0 bridgehead atoms. The Hall–Kier alpha value is -3.08. The van der Waals surface area contributed by atoms with Gasteiger partial charge in [0.25, 0.3) is 0 Å². The second-order valence-corrected chi connectivity index (χ2v) is 6.05. The molecule has 0 aliphatic rings. The lowest BCUT2D eigenvalue weighted by Gasteiger charge is -2.16. The maximum absolute atomic E-state index is 11.3. The van der Waals surface area contributed by atoms with Gasteiger partial charge in [-0.2, -0.15) is 5.10 Å². The van der Waals surface area contributed by atoms with Gasteiger partial charge in [-0.3, -0.25) is 4.68 Å². The van der Waals surface area contributed by atoms with E-state index >= 15 is 0 Å². The van der Waals surface area contributed by atoms with E-state index < -0.39 is 5.97 Å². The third-order valence-corrected chi connectivity index (χ3v) is 3.90. The number of aromatic carboxylic acids is 1. The average Bonchev–Trinajstić information content (AvgIpc) is 3.10. The standard InChI is InChI=1S/C20H20N2O3/c1-14(2)22-18(10-11-21-22)17-9-8-16(20(23)24)12-19(17)25-13-15-6-4-3-5-7-15/h3-12,14H,13H2,1-2H3,(H,23,24). The number of carboxylic acid groups (broad SMARTS) is 1. The summed E-state index contributed by atoms with van der Waals surface area (Å²) in [5.74, 6) is -0.445. The molecule has 1 aromatic heterocycles. The summed E-state index contributed by atoms with van der Waals surface area (Å²) in [6.45, 7) is 4.46. The molecule has 25 heavy (non-hydrogen) atoms. The molecule has 0 atom stereocenters. The van der Waals surface area contributed by atoms with Gasteiger partial charge in [0.15, 0.2) is 0 Å². The predicted octanol–water partition coefficient (Wildman–Crippen LogP) is 4.41. The van der Waals surface area contributed by atoms with Gasteiger partial charge in [0, 0.05) is 17.8 Å². The van der Waals surface area contributed by atoms with Crippen molar-refractivity contribution < 1.29 is 14.6 Å². The van der Waals surface area contributed by atoms with Gasteiger partial charge in [0.2, 0.25) is 0 Å². The maximum atomic E-state index is 11.3. The van der Waals surface area contributed by atoms with Gasteiger partial charge in [0.1, 0.15) is 12.4 Å². The highest BCUT2D eigenvalue weighted by Crippen LogP contribution is 2.33. The lowest BCUT2D eigenvalue weighted by molar-refractivity contribution is 0.0696. The molecule has 0 fully saturated rings. The summed E-state index contributed by atoms with van der Waals surface area (Å²) < 4.78 is 7.86. The fraction of sp³-hybridized carbons (Fsp3) is 0.200. The first-order valence-electron chi connectivity index (χ1n) is 8.14. The monoisotopic (exact) mass is 336 g/mol. The molecule has 5 heteroatoms. The van der Waals surface area contributed by atoms with Crippen molar-refractivity contribution in [1.82, 2.24) is 9.78 Å². The maximum Gasteiger partial charge on any atom is 0.335 e. The van der Waals surface area contributed by atoms with E-state index in [-0.39, 0.29) is 11.6 Å². The fourth-order valence-corrected chi connectivity index (χ4v) is 2.66. The Morgan fingerprint density at radius 3 is 2.60 bits per heavy atom. The molecule has 0 radical (unpaired) electrons. The van der Waals surface area contributed by atoms with Gasteiger partial charge in [-0.1, -0.05) is 30.3 Å². The topological polar surface area (TPSA) is 64.4 Å². The molecule has 0 spiro atoms. The molecule has 3 aromatic rings. The Morgan fingerprint density at radius 2 is 1.92 bits per heavy atom. The van der Waals surface area contributed by atoms with E-state index in [1.165, 1.54) is 0 Å². The summed E-state index contributed by atoms with van der Waals surface area (Å²) in [6, 6.07) is 16.8. The Labute approximate surface area is 146 Å².